The number of benzene rings is 1. The normalized spacial score (nSPS) is 15.6. The second-order valence-corrected chi connectivity index (χ2v) is 5.35. The zero-order valence-corrected chi connectivity index (χ0v) is 11.3. The summed E-state index contributed by atoms with van der Waals surface area (Å²) < 4.78 is 44.5. The Labute approximate surface area is 115 Å². The number of halogens is 3. The fraction of sp³-hybridized carbons (Fsp3) is 0.500. The molecule has 0 N–H and O–H groups in total. The number of carbonyl (C=O) groups is 1. The van der Waals surface area contributed by atoms with E-state index in [-0.39, 0.29) is 19.7 Å². The molecule has 0 bridgehead atoms. The monoisotopic (exact) mass is 287 g/mol. The van der Waals surface area contributed by atoms with Gasteiger partial charge in [0.15, 0.2) is 0 Å². The lowest BCUT2D eigenvalue weighted by atomic mass is 9.92. The first-order chi connectivity index (χ1) is 9.32. The molecule has 2 rings (SSSR count). The van der Waals surface area contributed by atoms with Gasteiger partial charge in [-0.2, -0.15) is 0 Å². The van der Waals surface area contributed by atoms with Gasteiger partial charge in [-0.1, -0.05) is 0 Å². The maximum Gasteiger partial charge on any atom is 0.252 e. The minimum absolute atomic E-state index is 0.0715. The highest BCUT2D eigenvalue weighted by molar-refractivity contribution is 5.82. The lowest BCUT2D eigenvalue weighted by Gasteiger charge is -2.30. The SMILES string of the molecule is CC(C)(C(=O)N1CCOc2ccc(F)cc2C1)C(F)F. The van der Waals surface area contributed by atoms with Crippen LogP contribution in [0.3, 0.4) is 0 Å². The van der Waals surface area contributed by atoms with Gasteiger partial charge < -0.3 is 9.64 Å². The van der Waals surface area contributed by atoms with Crippen molar-refractivity contribution in [1.29, 1.82) is 0 Å². The first kappa shape index (κ1) is 14.7. The van der Waals surface area contributed by atoms with Crippen molar-refractivity contribution in [2.45, 2.75) is 26.8 Å². The Morgan fingerprint density at radius 2 is 2.10 bits per heavy atom. The molecule has 1 aromatic rings. The molecule has 0 radical (unpaired) electrons. The summed E-state index contributed by atoms with van der Waals surface area (Å²) in [5.74, 6) is -0.625. The number of hydrogen-bond donors (Lipinski definition) is 0. The van der Waals surface area contributed by atoms with Crippen LogP contribution in [0.4, 0.5) is 13.2 Å². The molecule has 0 aromatic heterocycles. The van der Waals surface area contributed by atoms with E-state index in [4.69, 9.17) is 4.74 Å². The first-order valence-electron chi connectivity index (χ1n) is 6.31. The quantitative estimate of drug-likeness (QED) is 0.837. The van der Waals surface area contributed by atoms with Gasteiger partial charge in [-0.3, -0.25) is 4.79 Å². The van der Waals surface area contributed by atoms with Gasteiger partial charge in [0, 0.05) is 12.1 Å². The molecule has 0 saturated heterocycles. The Morgan fingerprint density at radius 1 is 1.40 bits per heavy atom. The van der Waals surface area contributed by atoms with Crippen LogP contribution in [0.25, 0.3) is 0 Å². The smallest absolute Gasteiger partial charge is 0.252 e. The van der Waals surface area contributed by atoms with E-state index in [1.807, 2.05) is 0 Å². The number of nitrogens with zero attached hydrogens (tertiary/aromatic N) is 1. The Hall–Kier alpha value is -1.72. The lowest BCUT2D eigenvalue weighted by molar-refractivity contribution is -0.149. The summed E-state index contributed by atoms with van der Waals surface area (Å²) in [5.41, 5.74) is -1.28. The summed E-state index contributed by atoms with van der Waals surface area (Å²) in [7, 11) is 0. The van der Waals surface area contributed by atoms with Crippen LogP contribution in [-0.4, -0.2) is 30.4 Å². The molecule has 0 saturated carbocycles. The molecule has 110 valence electrons. The van der Waals surface area contributed by atoms with Crippen LogP contribution < -0.4 is 4.74 Å². The minimum Gasteiger partial charge on any atom is -0.491 e. The maximum atomic E-state index is 13.2. The summed E-state index contributed by atoms with van der Waals surface area (Å²) in [6, 6.07) is 4.01. The van der Waals surface area contributed by atoms with Crippen LogP contribution in [0.2, 0.25) is 0 Å². The average molecular weight is 287 g/mol. The van der Waals surface area contributed by atoms with Crippen molar-refractivity contribution < 1.29 is 22.7 Å². The van der Waals surface area contributed by atoms with Crippen molar-refractivity contribution in [3.63, 3.8) is 0 Å². The zero-order valence-electron chi connectivity index (χ0n) is 11.3. The van der Waals surface area contributed by atoms with E-state index in [1.165, 1.54) is 36.9 Å². The predicted octanol–water partition coefficient (Wildman–Crippen LogP) is 2.84. The van der Waals surface area contributed by atoms with E-state index in [2.05, 4.69) is 0 Å². The maximum absolute atomic E-state index is 13.2. The first-order valence-corrected chi connectivity index (χ1v) is 6.31. The van der Waals surface area contributed by atoms with E-state index >= 15 is 0 Å². The number of amides is 1. The third-order valence-electron chi connectivity index (χ3n) is 3.39. The van der Waals surface area contributed by atoms with Gasteiger partial charge in [0.2, 0.25) is 5.91 Å². The fourth-order valence-corrected chi connectivity index (χ4v) is 2.04. The molecule has 1 aliphatic heterocycles. The van der Waals surface area contributed by atoms with Crippen LogP contribution in [0, 0.1) is 11.2 Å². The van der Waals surface area contributed by atoms with Crippen molar-refractivity contribution >= 4 is 5.91 Å². The molecular formula is C14H16F3NO2. The molecule has 0 fully saturated rings. The van der Waals surface area contributed by atoms with Crippen LogP contribution in [0.5, 0.6) is 5.75 Å². The van der Waals surface area contributed by atoms with Crippen molar-refractivity contribution in [2.24, 2.45) is 5.41 Å². The van der Waals surface area contributed by atoms with Crippen molar-refractivity contribution in [1.82, 2.24) is 4.90 Å². The van der Waals surface area contributed by atoms with E-state index in [9.17, 15) is 18.0 Å². The fourth-order valence-electron chi connectivity index (χ4n) is 2.04. The third-order valence-corrected chi connectivity index (χ3v) is 3.39. The van der Waals surface area contributed by atoms with Crippen molar-refractivity contribution in [3.8, 4) is 5.75 Å². The topological polar surface area (TPSA) is 29.5 Å². The Kier molecular flexibility index (Phi) is 3.92. The highest BCUT2D eigenvalue weighted by Gasteiger charge is 2.41. The summed E-state index contributed by atoms with van der Waals surface area (Å²) in [4.78, 5) is 13.5. The second kappa shape index (κ2) is 5.34. The largest absolute Gasteiger partial charge is 0.491 e. The Bertz CT molecular complexity index is 517. The highest BCUT2D eigenvalue weighted by atomic mass is 19.3. The molecule has 1 aliphatic rings. The summed E-state index contributed by atoms with van der Waals surface area (Å²) in [6.45, 7) is 2.88. The number of hydrogen-bond acceptors (Lipinski definition) is 2. The lowest BCUT2D eigenvalue weighted by Crippen LogP contribution is -2.45. The molecule has 0 aliphatic carbocycles. The second-order valence-electron chi connectivity index (χ2n) is 5.35. The highest BCUT2D eigenvalue weighted by Crippen LogP contribution is 2.30. The van der Waals surface area contributed by atoms with E-state index < -0.39 is 23.6 Å². The third kappa shape index (κ3) is 2.73. The van der Waals surface area contributed by atoms with Gasteiger partial charge in [0.25, 0.3) is 6.43 Å². The average Bonchev–Trinajstić information content (AvgIpc) is 2.59. The van der Waals surface area contributed by atoms with Gasteiger partial charge >= 0.3 is 0 Å². The summed E-state index contributed by atoms with van der Waals surface area (Å²) >= 11 is 0. The van der Waals surface area contributed by atoms with Gasteiger partial charge in [0.05, 0.1) is 6.54 Å². The molecule has 1 heterocycles. The number of fused-ring (bicyclic) bond motifs is 1. The van der Waals surface area contributed by atoms with Crippen LogP contribution >= 0.6 is 0 Å². The van der Waals surface area contributed by atoms with E-state index in [0.717, 1.165) is 0 Å². The van der Waals surface area contributed by atoms with Gasteiger partial charge in [-0.15, -0.1) is 0 Å². The van der Waals surface area contributed by atoms with Crippen LogP contribution in [-0.2, 0) is 11.3 Å². The van der Waals surface area contributed by atoms with Crippen molar-refractivity contribution in [3.05, 3.63) is 29.6 Å². The number of alkyl halides is 2. The Balaban J connectivity index is 2.25. The van der Waals surface area contributed by atoms with Crippen LogP contribution in [0.1, 0.15) is 19.4 Å². The predicted molar refractivity (Wildman–Crippen MR) is 67.1 cm³/mol. The molecular weight excluding hydrogens is 271 g/mol. The molecule has 1 amide bonds. The molecule has 1 aromatic carbocycles. The molecule has 0 spiro atoms. The number of carbonyl (C=O) groups excluding carboxylic acids is 1. The van der Waals surface area contributed by atoms with Gasteiger partial charge in [0.1, 0.15) is 23.6 Å². The number of rotatable bonds is 2. The number of ether oxygens (including phenoxy) is 1. The van der Waals surface area contributed by atoms with E-state index in [0.29, 0.717) is 11.3 Å². The standard InChI is InChI=1S/C14H16F3NO2/c1-14(2,12(16)17)13(19)18-5-6-20-11-4-3-10(15)7-9(11)8-18/h3-4,7,12H,5-6,8H2,1-2H3. The van der Waals surface area contributed by atoms with Crippen LogP contribution in [0.15, 0.2) is 18.2 Å². The van der Waals surface area contributed by atoms with Crippen molar-refractivity contribution in [2.75, 3.05) is 13.2 Å². The van der Waals surface area contributed by atoms with E-state index in [1.54, 1.807) is 0 Å². The van der Waals surface area contributed by atoms with Gasteiger partial charge in [-0.05, 0) is 32.0 Å². The molecule has 0 unspecified atom stereocenters. The van der Waals surface area contributed by atoms with Gasteiger partial charge in [-0.25, -0.2) is 13.2 Å². The molecule has 0 atom stereocenters. The minimum atomic E-state index is -2.76. The molecule has 6 heteroatoms. The summed E-state index contributed by atoms with van der Waals surface area (Å²) in [6.07, 6.45) is -2.76. The zero-order chi connectivity index (χ0) is 14.9. The summed E-state index contributed by atoms with van der Waals surface area (Å²) in [5, 5.41) is 0. The molecule has 20 heavy (non-hydrogen) atoms. The Morgan fingerprint density at radius 3 is 2.75 bits per heavy atom. The molecule has 3 nitrogen and oxygen atoms in total.